The summed E-state index contributed by atoms with van der Waals surface area (Å²) in [6.07, 6.45) is 2.63. The third-order valence-corrected chi connectivity index (χ3v) is 5.17. The first-order chi connectivity index (χ1) is 11.4. The molecule has 5 heteroatoms. The molecule has 1 aliphatic carbocycles. The standard InChI is InChI=1S/C19H21ClN2O2/c1-12-9-13(2)22-17(23)16(12)11-21-18(24)19(7-4-8-19)14-5-3-6-15(20)10-14/h3,5-6,9-10H,4,7-8,11H2,1-2H3,(H,21,24)(H,22,23). The first-order valence-electron chi connectivity index (χ1n) is 8.16. The second-order valence-corrected chi connectivity index (χ2v) is 7.01. The topological polar surface area (TPSA) is 62.0 Å². The number of hydrogen-bond acceptors (Lipinski definition) is 2. The summed E-state index contributed by atoms with van der Waals surface area (Å²) < 4.78 is 0. The highest BCUT2D eigenvalue weighted by Crippen LogP contribution is 2.44. The molecule has 0 unspecified atom stereocenters. The van der Waals surface area contributed by atoms with Crippen LogP contribution in [0.5, 0.6) is 0 Å². The van der Waals surface area contributed by atoms with Crippen LogP contribution in [0.1, 0.15) is 41.6 Å². The molecule has 2 aromatic rings. The number of benzene rings is 1. The van der Waals surface area contributed by atoms with E-state index < -0.39 is 5.41 Å². The van der Waals surface area contributed by atoms with Crippen LogP contribution in [-0.2, 0) is 16.8 Å². The van der Waals surface area contributed by atoms with Gasteiger partial charge in [0.2, 0.25) is 5.91 Å². The van der Waals surface area contributed by atoms with E-state index in [-0.39, 0.29) is 18.0 Å². The van der Waals surface area contributed by atoms with Crippen LogP contribution in [-0.4, -0.2) is 10.9 Å². The summed E-state index contributed by atoms with van der Waals surface area (Å²) in [4.78, 5) is 27.7. The molecule has 3 rings (SSSR count). The Hall–Kier alpha value is -2.07. The van der Waals surface area contributed by atoms with Crippen LogP contribution in [0.25, 0.3) is 0 Å². The van der Waals surface area contributed by atoms with E-state index in [0.717, 1.165) is 36.1 Å². The van der Waals surface area contributed by atoms with Crippen molar-refractivity contribution >= 4 is 17.5 Å². The molecule has 0 spiro atoms. The van der Waals surface area contributed by atoms with Crippen molar-refractivity contribution in [3.05, 3.63) is 68.1 Å². The van der Waals surface area contributed by atoms with E-state index in [2.05, 4.69) is 10.3 Å². The number of hydrogen-bond donors (Lipinski definition) is 2. The number of aryl methyl sites for hydroxylation is 2. The Balaban J connectivity index is 1.81. The summed E-state index contributed by atoms with van der Waals surface area (Å²) in [5.74, 6) is -0.0320. The highest BCUT2D eigenvalue weighted by Gasteiger charge is 2.45. The van der Waals surface area contributed by atoms with Gasteiger partial charge in [0, 0.05) is 22.8 Å². The quantitative estimate of drug-likeness (QED) is 0.893. The maximum Gasteiger partial charge on any atom is 0.253 e. The van der Waals surface area contributed by atoms with Gasteiger partial charge in [-0.05, 0) is 56.0 Å². The van der Waals surface area contributed by atoms with Crippen LogP contribution in [0, 0.1) is 13.8 Å². The SMILES string of the molecule is Cc1cc(C)c(CNC(=O)C2(c3cccc(Cl)c3)CCC2)c(=O)[nH]1. The van der Waals surface area contributed by atoms with E-state index in [1.807, 2.05) is 44.2 Å². The van der Waals surface area contributed by atoms with Crippen LogP contribution >= 0.6 is 11.6 Å². The van der Waals surface area contributed by atoms with E-state index in [1.165, 1.54) is 0 Å². The number of nitrogens with one attached hydrogen (secondary N) is 2. The van der Waals surface area contributed by atoms with E-state index >= 15 is 0 Å². The molecule has 0 atom stereocenters. The fourth-order valence-electron chi connectivity index (χ4n) is 3.40. The average Bonchev–Trinajstić information content (AvgIpc) is 2.45. The lowest BCUT2D eigenvalue weighted by Crippen LogP contribution is -2.49. The van der Waals surface area contributed by atoms with Gasteiger partial charge in [-0.3, -0.25) is 9.59 Å². The van der Waals surface area contributed by atoms with Crippen LogP contribution in [0.3, 0.4) is 0 Å². The largest absolute Gasteiger partial charge is 0.351 e. The Morgan fingerprint density at radius 1 is 1.29 bits per heavy atom. The maximum absolute atomic E-state index is 12.9. The highest BCUT2D eigenvalue weighted by atomic mass is 35.5. The van der Waals surface area contributed by atoms with Gasteiger partial charge in [0.15, 0.2) is 0 Å². The fourth-order valence-corrected chi connectivity index (χ4v) is 3.59. The predicted molar refractivity (Wildman–Crippen MR) is 95.4 cm³/mol. The third kappa shape index (κ3) is 2.98. The Bertz CT molecular complexity index is 838. The highest BCUT2D eigenvalue weighted by molar-refractivity contribution is 6.30. The summed E-state index contributed by atoms with van der Waals surface area (Å²) in [5, 5.41) is 3.60. The Morgan fingerprint density at radius 3 is 2.62 bits per heavy atom. The zero-order valence-electron chi connectivity index (χ0n) is 13.9. The molecule has 1 heterocycles. The second kappa shape index (κ2) is 6.44. The molecule has 1 saturated carbocycles. The van der Waals surface area contributed by atoms with Gasteiger partial charge in [-0.15, -0.1) is 0 Å². The summed E-state index contributed by atoms with van der Waals surface area (Å²) in [6, 6.07) is 9.42. The molecular weight excluding hydrogens is 324 g/mol. The molecule has 2 N–H and O–H groups in total. The number of aromatic nitrogens is 1. The van der Waals surface area contributed by atoms with Crippen molar-refractivity contribution in [2.75, 3.05) is 0 Å². The summed E-state index contributed by atoms with van der Waals surface area (Å²) in [5.41, 5.74) is 2.61. The lowest BCUT2D eigenvalue weighted by atomic mass is 9.64. The molecule has 0 aliphatic heterocycles. The summed E-state index contributed by atoms with van der Waals surface area (Å²) in [6.45, 7) is 3.97. The van der Waals surface area contributed by atoms with Crippen LogP contribution in [0.4, 0.5) is 0 Å². The van der Waals surface area contributed by atoms with Crippen molar-refractivity contribution in [1.29, 1.82) is 0 Å². The van der Waals surface area contributed by atoms with Gasteiger partial charge in [0.1, 0.15) is 0 Å². The Morgan fingerprint density at radius 2 is 2.04 bits per heavy atom. The van der Waals surface area contributed by atoms with Gasteiger partial charge in [-0.2, -0.15) is 0 Å². The molecule has 1 aromatic carbocycles. The number of rotatable bonds is 4. The number of H-pyrrole nitrogens is 1. The van der Waals surface area contributed by atoms with Crippen molar-refractivity contribution in [1.82, 2.24) is 10.3 Å². The average molecular weight is 345 g/mol. The molecule has 0 bridgehead atoms. The van der Waals surface area contributed by atoms with E-state index in [4.69, 9.17) is 11.6 Å². The molecule has 126 valence electrons. The van der Waals surface area contributed by atoms with E-state index in [9.17, 15) is 9.59 Å². The zero-order valence-corrected chi connectivity index (χ0v) is 14.7. The predicted octanol–water partition coefficient (Wildman–Crippen LogP) is 3.38. The normalized spacial score (nSPS) is 15.6. The minimum atomic E-state index is -0.518. The smallest absolute Gasteiger partial charge is 0.253 e. The molecule has 4 nitrogen and oxygen atoms in total. The molecule has 1 aliphatic rings. The Labute approximate surface area is 146 Å². The molecule has 1 fully saturated rings. The van der Waals surface area contributed by atoms with Gasteiger partial charge in [-0.25, -0.2) is 0 Å². The van der Waals surface area contributed by atoms with Crippen molar-refractivity contribution in [3.63, 3.8) is 0 Å². The first kappa shape index (κ1) is 16.8. The Kier molecular flexibility index (Phi) is 4.50. The molecule has 1 amide bonds. The van der Waals surface area contributed by atoms with E-state index in [1.54, 1.807) is 0 Å². The summed E-state index contributed by atoms with van der Waals surface area (Å²) >= 11 is 6.09. The fraction of sp³-hybridized carbons (Fsp3) is 0.368. The van der Waals surface area contributed by atoms with Crippen molar-refractivity contribution in [3.8, 4) is 0 Å². The van der Waals surface area contributed by atoms with Crippen molar-refractivity contribution in [2.24, 2.45) is 0 Å². The van der Waals surface area contributed by atoms with Crippen molar-refractivity contribution < 1.29 is 4.79 Å². The number of aromatic amines is 1. The van der Waals surface area contributed by atoms with Crippen LogP contribution in [0.2, 0.25) is 5.02 Å². The number of carbonyl (C=O) groups is 1. The molecule has 24 heavy (non-hydrogen) atoms. The van der Waals surface area contributed by atoms with Crippen LogP contribution < -0.4 is 10.9 Å². The number of carbonyl (C=O) groups excluding carboxylic acids is 1. The molecule has 1 aromatic heterocycles. The maximum atomic E-state index is 12.9. The van der Waals surface area contributed by atoms with Gasteiger partial charge in [0.25, 0.3) is 5.56 Å². The first-order valence-corrected chi connectivity index (χ1v) is 8.54. The minimum Gasteiger partial charge on any atom is -0.351 e. The van der Waals surface area contributed by atoms with Gasteiger partial charge in [0.05, 0.1) is 5.41 Å². The number of amides is 1. The van der Waals surface area contributed by atoms with Crippen LogP contribution in [0.15, 0.2) is 35.1 Å². The second-order valence-electron chi connectivity index (χ2n) is 6.57. The van der Waals surface area contributed by atoms with Gasteiger partial charge >= 0.3 is 0 Å². The summed E-state index contributed by atoms with van der Waals surface area (Å²) in [7, 11) is 0. The molecular formula is C19H21ClN2O2. The molecule has 0 radical (unpaired) electrons. The number of halogens is 1. The minimum absolute atomic E-state index is 0.0320. The van der Waals surface area contributed by atoms with Crippen molar-refractivity contribution in [2.45, 2.75) is 45.1 Å². The monoisotopic (exact) mass is 344 g/mol. The lowest BCUT2D eigenvalue weighted by molar-refractivity contribution is -0.130. The van der Waals surface area contributed by atoms with Gasteiger partial charge in [-0.1, -0.05) is 30.2 Å². The molecule has 0 saturated heterocycles. The van der Waals surface area contributed by atoms with E-state index in [0.29, 0.717) is 10.6 Å². The third-order valence-electron chi connectivity index (χ3n) is 4.94. The zero-order chi connectivity index (χ0) is 17.3. The lowest BCUT2D eigenvalue weighted by Gasteiger charge is -2.40. The van der Waals surface area contributed by atoms with Gasteiger partial charge < -0.3 is 10.3 Å². The number of pyridine rings is 1.